The van der Waals surface area contributed by atoms with Crippen LogP contribution in [-0.2, 0) is 9.59 Å². The topological polar surface area (TPSA) is 76.1 Å². The van der Waals surface area contributed by atoms with Crippen LogP contribution >= 0.6 is 24.0 Å². The number of benzene rings is 1. The van der Waals surface area contributed by atoms with Gasteiger partial charge >= 0.3 is 5.97 Å². The summed E-state index contributed by atoms with van der Waals surface area (Å²) >= 11 is 6.33. The summed E-state index contributed by atoms with van der Waals surface area (Å²) in [5.74, 6) is -0.573. The molecular weight excluding hydrogens is 362 g/mol. The van der Waals surface area contributed by atoms with Crippen LogP contribution in [0.5, 0.6) is 11.5 Å². The molecule has 1 fully saturated rings. The molecule has 1 N–H and O–H groups in total. The van der Waals surface area contributed by atoms with E-state index in [-0.39, 0.29) is 10.2 Å². The Hall–Kier alpha value is -2.06. The van der Waals surface area contributed by atoms with E-state index in [0.29, 0.717) is 22.0 Å². The summed E-state index contributed by atoms with van der Waals surface area (Å²) < 4.78 is 10.7. The molecule has 1 amide bonds. The van der Waals surface area contributed by atoms with Crippen LogP contribution in [0.4, 0.5) is 0 Å². The third-order valence-electron chi connectivity index (χ3n) is 3.71. The molecule has 0 aromatic heterocycles. The highest BCUT2D eigenvalue weighted by atomic mass is 32.2. The molecule has 1 unspecified atom stereocenters. The van der Waals surface area contributed by atoms with E-state index >= 15 is 0 Å². The molecule has 2 rings (SSSR count). The van der Waals surface area contributed by atoms with Crippen LogP contribution in [0.25, 0.3) is 6.08 Å². The van der Waals surface area contributed by atoms with Gasteiger partial charge in [-0.2, -0.15) is 0 Å². The van der Waals surface area contributed by atoms with Gasteiger partial charge in [-0.05, 0) is 30.2 Å². The Labute approximate surface area is 155 Å². The molecule has 1 aliphatic heterocycles. The minimum absolute atomic E-state index is 0.235. The fourth-order valence-electron chi connectivity index (χ4n) is 2.51. The zero-order valence-electron chi connectivity index (χ0n) is 14.3. The van der Waals surface area contributed by atoms with Crippen LogP contribution in [0, 0.1) is 5.92 Å². The summed E-state index contributed by atoms with van der Waals surface area (Å²) in [6.07, 6.45) is 1.64. The van der Waals surface area contributed by atoms with Gasteiger partial charge in [-0.25, -0.2) is 4.79 Å². The lowest BCUT2D eigenvalue weighted by Crippen LogP contribution is -2.47. The number of thioether (sulfide) groups is 1. The number of aliphatic carboxylic acids is 1. The second-order valence-corrected chi connectivity index (χ2v) is 7.36. The lowest BCUT2D eigenvalue weighted by Gasteiger charge is -2.26. The molecule has 1 aromatic rings. The zero-order valence-corrected chi connectivity index (χ0v) is 15.9. The predicted molar refractivity (Wildman–Crippen MR) is 101 cm³/mol. The number of methoxy groups -OCH3 is 2. The number of amides is 1. The molecule has 1 aliphatic rings. The molecule has 1 atom stereocenters. The number of rotatable bonds is 6. The van der Waals surface area contributed by atoms with Crippen LogP contribution in [0.1, 0.15) is 19.4 Å². The number of ether oxygens (including phenoxy) is 2. The Morgan fingerprint density at radius 2 is 2.00 bits per heavy atom. The van der Waals surface area contributed by atoms with Crippen LogP contribution < -0.4 is 9.47 Å². The van der Waals surface area contributed by atoms with Gasteiger partial charge < -0.3 is 14.6 Å². The second-order valence-electron chi connectivity index (χ2n) is 5.69. The van der Waals surface area contributed by atoms with E-state index in [4.69, 9.17) is 21.7 Å². The van der Waals surface area contributed by atoms with Crippen molar-refractivity contribution >= 4 is 46.3 Å². The third-order valence-corrected chi connectivity index (χ3v) is 5.04. The molecule has 1 aromatic carbocycles. The van der Waals surface area contributed by atoms with E-state index in [1.54, 1.807) is 45.2 Å². The van der Waals surface area contributed by atoms with Gasteiger partial charge in [0.1, 0.15) is 21.9 Å². The first-order valence-electron chi connectivity index (χ1n) is 7.52. The number of carboxylic acids is 1. The molecule has 0 radical (unpaired) electrons. The fourth-order valence-corrected chi connectivity index (χ4v) is 3.83. The van der Waals surface area contributed by atoms with Gasteiger partial charge in [0.25, 0.3) is 5.91 Å². The van der Waals surface area contributed by atoms with Gasteiger partial charge in [-0.3, -0.25) is 9.69 Å². The van der Waals surface area contributed by atoms with Gasteiger partial charge in [0.05, 0.1) is 19.1 Å². The predicted octanol–water partition coefficient (Wildman–Crippen LogP) is 3.01. The number of carbonyl (C=O) groups excluding carboxylic acids is 1. The van der Waals surface area contributed by atoms with Crippen molar-refractivity contribution in [1.29, 1.82) is 0 Å². The summed E-state index contributed by atoms with van der Waals surface area (Å²) in [7, 11) is 3.08. The van der Waals surface area contributed by atoms with E-state index < -0.39 is 17.9 Å². The number of hydrogen-bond acceptors (Lipinski definition) is 6. The zero-order chi connectivity index (χ0) is 18.7. The first-order valence-corrected chi connectivity index (χ1v) is 8.74. The van der Waals surface area contributed by atoms with Crippen molar-refractivity contribution in [1.82, 2.24) is 4.90 Å². The molecular formula is C17H19NO5S2. The highest BCUT2D eigenvalue weighted by Crippen LogP contribution is 2.37. The number of thiocarbonyl (C=S) groups is 1. The van der Waals surface area contributed by atoms with Crippen molar-refractivity contribution in [3.63, 3.8) is 0 Å². The molecule has 1 heterocycles. The summed E-state index contributed by atoms with van der Waals surface area (Å²) in [5, 5.41) is 9.45. The molecule has 0 bridgehead atoms. The summed E-state index contributed by atoms with van der Waals surface area (Å²) in [6.45, 7) is 3.48. The van der Waals surface area contributed by atoms with Crippen molar-refractivity contribution in [2.45, 2.75) is 19.9 Å². The van der Waals surface area contributed by atoms with Crippen molar-refractivity contribution in [2.24, 2.45) is 5.92 Å². The highest BCUT2D eigenvalue weighted by molar-refractivity contribution is 8.26. The first-order chi connectivity index (χ1) is 11.8. The van der Waals surface area contributed by atoms with E-state index in [2.05, 4.69) is 0 Å². The maximum absolute atomic E-state index is 12.7. The number of carboxylic acid groups (broad SMARTS) is 1. The van der Waals surface area contributed by atoms with E-state index in [0.717, 1.165) is 11.8 Å². The minimum atomic E-state index is -1.08. The van der Waals surface area contributed by atoms with Crippen molar-refractivity contribution < 1.29 is 24.2 Å². The molecule has 1 saturated heterocycles. The SMILES string of the molecule is COc1ccc(OC)c(/C=C2/SC(=S)N(C(C(=O)O)C(C)C)C2=O)c1. The maximum atomic E-state index is 12.7. The Bertz CT molecular complexity index is 745. The average Bonchev–Trinajstić information content (AvgIpc) is 2.82. The average molecular weight is 381 g/mol. The quantitative estimate of drug-likeness (QED) is 0.599. The van der Waals surface area contributed by atoms with Crippen LogP contribution in [0.15, 0.2) is 23.1 Å². The monoisotopic (exact) mass is 381 g/mol. The molecule has 0 spiro atoms. The standard InChI is InChI=1S/C17H19NO5S2/c1-9(2)14(16(20)21)18-15(19)13(25-17(18)24)8-10-7-11(22-3)5-6-12(10)23-4/h5-9,14H,1-4H3,(H,20,21)/b13-8+. The van der Waals surface area contributed by atoms with E-state index in [1.807, 2.05) is 0 Å². The fraction of sp³-hybridized carbons (Fsp3) is 0.353. The first kappa shape index (κ1) is 19.3. The molecule has 0 aliphatic carbocycles. The van der Waals surface area contributed by atoms with Crippen molar-refractivity contribution in [3.8, 4) is 11.5 Å². The highest BCUT2D eigenvalue weighted by Gasteiger charge is 2.41. The van der Waals surface area contributed by atoms with Crippen molar-refractivity contribution in [3.05, 3.63) is 28.7 Å². The van der Waals surface area contributed by atoms with Gasteiger partial charge in [-0.15, -0.1) is 0 Å². The van der Waals surface area contributed by atoms with Gasteiger partial charge in [0.2, 0.25) is 0 Å². The van der Waals surface area contributed by atoms with Crippen LogP contribution in [0.2, 0.25) is 0 Å². The molecule has 8 heteroatoms. The number of hydrogen-bond donors (Lipinski definition) is 1. The van der Waals surface area contributed by atoms with E-state index in [9.17, 15) is 14.7 Å². The largest absolute Gasteiger partial charge is 0.497 e. The van der Waals surface area contributed by atoms with Crippen LogP contribution in [-0.4, -0.2) is 46.5 Å². The minimum Gasteiger partial charge on any atom is -0.497 e. The lowest BCUT2D eigenvalue weighted by atomic mass is 10.0. The van der Waals surface area contributed by atoms with Crippen molar-refractivity contribution in [2.75, 3.05) is 14.2 Å². The molecule has 25 heavy (non-hydrogen) atoms. The Kier molecular flexibility index (Phi) is 6.07. The Morgan fingerprint density at radius 3 is 2.52 bits per heavy atom. The van der Waals surface area contributed by atoms with Gasteiger partial charge in [0.15, 0.2) is 0 Å². The van der Waals surface area contributed by atoms with Crippen LogP contribution in [0.3, 0.4) is 0 Å². The van der Waals surface area contributed by atoms with Gasteiger partial charge in [0, 0.05) is 5.56 Å². The molecule has 134 valence electrons. The normalized spacial score (nSPS) is 17.3. The Balaban J connectivity index is 2.42. The molecule has 6 nitrogen and oxygen atoms in total. The smallest absolute Gasteiger partial charge is 0.327 e. The summed E-state index contributed by atoms with van der Waals surface area (Å²) in [4.78, 5) is 25.8. The lowest BCUT2D eigenvalue weighted by molar-refractivity contribution is -0.146. The summed E-state index contributed by atoms with van der Waals surface area (Å²) in [6, 6.07) is 4.23. The maximum Gasteiger partial charge on any atom is 0.327 e. The number of nitrogens with zero attached hydrogens (tertiary/aromatic N) is 1. The third kappa shape index (κ3) is 3.96. The summed E-state index contributed by atoms with van der Waals surface area (Å²) in [5.41, 5.74) is 0.652. The molecule has 0 saturated carbocycles. The van der Waals surface area contributed by atoms with Gasteiger partial charge in [-0.1, -0.05) is 37.8 Å². The second kappa shape index (κ2) is 7.88. The Morgan fingerprint density at radius 1 is 1.32 bits per heavy atom. The van der Waals surface area contributed by atoms with E-state index in [1.165, 1.54) is 12.0 Å². The number of carbonyl (C=O) groups is 2.